The molecule has 0 radical (unpaired) electrons. The summed E-state index contributed by atoms with van der Waals surface area (Å²) in [6, 6.07) is 8.08. The average molecular weight is 494 g/mol. The van der Waals surface area contributed by atoms with Crippen LogP contribution in [0.15, 0.2) is 35.3 Å². The van der Waals surface area contributed by atoms with Gasteiger partial charge < -0.3 is 24.9 Å². The van der Waals surface area contributed by atoms with Gasteiger partial charge in [-0.3, -0.25) is 14.5 Å². The van der Waals surface area contributed by atoms with Gasteiger partial charge in [-0.25, -0.2) is 0 Å². The molecule has 1 aliphatic rings. The highest BCUT2D eigenvalue weighted by molar-refractivity contribution is 6.07. The Morgan fingerprint density at radius 3 is 2.69 bits per heavy atom. The molecule has 36 heavy (non-hydrogen) atoms. The molecule has 1 saturated heterocycles. The highest BCUT2D eigenvalue weighted by Crippen LogP contribution is 2.29. The number of pyridine rings is 1. The number of nitrogens with one attached hydrogen (secondary N) is 3. The number of aromatic amines is 1. The van der Waals surface area contributed by atoms with E-state index in [1.807, 2.05) is 37.4 Å². The topological polar surface area (TPSA) is 91.4 Å². The number of aryl methyl sites for hydroxylation is 2. The Balaban J connectivity index is 1.56. The van der Waals surface area contributed by atoms with Crippen molar-refractivity contribution in [2.24, 2.45) is 0 Å². The third-order valence-corrected chi connectivity index (χ3v) is 6.81. The minimum Gasteiger partial charge on any atom is -0.492 e. The summed E-state index contributed by atoms with van der Waals surface area (Å²) >= 11 is 0. The summed E-state index contributed by atoms with van der Waals surface area (Å²) in [7, 11) is 0. The van der Waals surface area contributed by atoms with Gasteiger partial charge in [0.15, 0.2) is 0 Å². The Kier molecular flexibility index (Phi) is 8.48. The molecule has 1 fully saturated rings. The van der Waals surface area contributed by atoms with Gasteiger partial charge in [-0.2, -0.15) is 0 Å². The van der Waals surface area contributed by atoms with E-state index in [0.29, 0.717) is 23.5 Å². The van der Waals surface area contributed by atoms with Gasteiger partial charge in [0.05, 0.1) is 11.1 Å². The Labute approximate surface area is 213 Å². The molecule has 2 aromatic heterocycles. The Bertz CT molecular complexity index is 1250. The molecule has 3 N–H and O–H groups in total. The number of fused-ring (bicyclic) bond motifs is 1. The van der Waals surface area contributed by atoms with Crippen molar-refractivity contribution in [1.29, 1.82) is 0 Å². The van der Waals surface area contributed by atoms with Crippen LogP contribution in [0, 0.1) is 6.92 Å². The number of rotatable bonds is 10. The lowest BCUT2D eigenvalue weighted by atomic mass is 10.0. The highest BCUT2D eigenvalue weighted by Gasteiger charge is 2.18. The minimum absolute atomic E-state index is 0.139. The molecule has 0 aliphatic carbocycles. The molecule has 0 spiro atoms. The molecule has 0 atom stereocenters. The molecule has 0 unspecified atom stereocenters. The molecule has 8 nitrogen and oxygen atoms in total. The smallest absolute Gasteiger partial charge is 0.253 e. The van der Waals surface area contributed by atoms with Crippen LogP contribution in [0.4, 0.5) is 0 Å². The first kappa shape index (κ1) is 26.0. The standard InChI is InChI=1S/C28H39N5O3/c1-5-6-21-15-20(4)31-28(35)25(21)18-30-27(34)24-16-22(36-14-13-32-11-8-29-9-12-32)17-26-23(24)7-10-33(26)19(2)3/h7,10,15-17,19,29H,5-6,8-9,11-14,18H2,1-4H3,(H,30,34)(H,31,35). The number of ether oxygens (including phenoxy) is 1. The van der Waals surface area contributed by atoms with Crippen molar-refractivity contribution in [2.75, 3.05) is 39.3 Å². The van der Waals surface area contributed by atoms with Gasteiger partial charge in [0.2, 0.25) is 0 Å². The predicted molar refractivity (Wildman–Crippen MR) is 144 cm³/mol. The largest absolute Gasteiger partial charge is 0.492 e. The van der Waals surface area contributed by atoms with Crippen LogP contribution >= 0.6 is 0 Å². The van der Waals surface area contributed by atoms with Crippen LogP contribution in [0.5, 0.6) is 5.75 Å². The second kappa shape index (κ2) is 11.8. The maximum atomic E-state index is 13.4. The Morgan fingerprint density at radius 2 is 1.97 bits per heavy atom. The molecule has 0 bridgehead atoms. The lowest BCUT2D eigenvalue weighted by Gasteiger charge is -2.27. The van der Waals surface area contributed by atoms with Crippen LogP contribution in [-0.4, -0.2) is 59.7 Å². The molecule has 0 saturated carbocycles. The number of benzene rings is 1. The number of carbonyl (C=O) groups excluding carboxylic acids is 1. The summed E-state index contributed by atoms with van der Waals surface area (Å²) < 4.78 is 8.30. The third kappa shape index (κ3) is 5.99. The van der Waals surface area contributed by atoms with Gasteiger partial charge in [0.25, 0.3) is 11.5 Å². The number of amides is 1. The molecule has 1 aliphatic heterocycles. The van der Waals surface area contributed by atoms with E-state index >= 15 is 0 Å². The zero-order valence-corrected chi connectivity index (χ0v) is 21.9. The van der Waals surface area contributed by atoms with Crippen molar-refractivity contribution in [3.8, 4) is 5.75 Å². The zero-order valence-electron chi connectivity index (χ0n) is 21.9. The van der Waals surface area contributed by atoms with E-state index in [1.54, 1.807) is 0 Å². The zero-order chi connectivity index (χ0) is 25.7. The van der Waals surface area contributed by atoms with Crippen LogP contribution in [0.3, 0.4) is 0 Å². The summed E-state index contributed by atoms with van der Waals surface area (Å²) in [6.07, 6.45) is 3.75. The number of piperazine rings is 1. The van der Waals surface area contributed by atoms with Crippen molar-refractivity contribution >= 4 is 16.8 Å². The normalized spacial score (nSPS) is 14.5. The summed E-state index contributed by atoms with van der Waals surface area (Å²) in [4.78, 5) is 31.3. The first-order chi connectivity index (χ1) is 17.4. The van der Waals surface area contributed by atoms with Crippen molar-refractivity contribution < 1.29 is 9.53 Å². The quantitative estimate of drug-likeness (QED) is 0.403. The fraction of sp³-hybridized carbons (Fsp3) is 0.500. The molecule has 3 heterocycles. The Morgan fingerprint density at radius 1 is 1.19 bits per heavy atom. The number of aromatic nitrogens is 2. The second-order valence-electron chi connectivity index (χ2n) is 9.88. The summed E-state index contributed by atoms with van der Waals surface area (Å²) in [6.45, 7) is 13.8. The number of H-pyrrole nitrogens is 1. The Hall–Kier alpha value is -3.10. The van der Waals surface area contributed by atoms with E-state index in [1.165, 1.54) is 0 Å². The number of hydrogen-bond donors (Lipinski definition) is 3. The second-order valence-corrected chi connectivity index (χ2v) is 9.88. The number of hydrogen-bond acceptors (Lipinski definition) is 5. The molecule has 1 aromatic carbocycles. The van der Waals surface area contributed by atoms with Gasteiger partial charge in [-0.05, 0) is 51.0 Å². The lowest BCUT2D eigenvalue weighted by Crippen LogP contribution is -2.44. The first-order valence-electron chi connectivity index (χ1n) is 13.1. The van der Waals surface area contributed by atoms with Crippen LogP contribution < -0.4 is 20.9 Å². The molecule has 194 valence electrons. The third-order valence-electron chi connectivity index (χ3n) is 6.81. The van der Waals surface area contributed by atoms with Crippen molar-refractivity contribution in [2.45, 2.75) is 53.1 Å². The lowest BCUT2D eigenvalue weighted by molar-refractivity contribution is 0.0952. The van der Waals surface area contributed by atoms with Gasteiger partial charge in [-0.1, -0.05) is 13.3 Å². The van der Waals surface area contributed by atoms with Crippen molar-refractivity contribution in [1.82, 2.24) is 25.1 Å². The molecule has 1 amide bonds. The highest BCUT2D eigenvalue weighted by atomic mass is 16.5. The molecular weight excluding hydrogens is 454 g/mol. The van der Waals surface area contributed by atoms with E-state index in [4.69, 9.17) is 4.74 Å². The van der Waals surface area contributed by atoms with E-state index in [-0.39, 0.29) is 24.1 Å². The van der Waals surface area contributed by atoms with E-state index < -0.39 is 0 Å². The van der Waals surface area contributed by atoms with E-state index in [9.17, 15) is 9.59 Å². The van der Waals surface area contributed by atoms with Gasteiger partial charge in [0, 0.05) is 74.2 Å². The maximum Gasteiger partial charge on any atom is 0.253 e. The maximum absolute atomic E-state index is 13.4. The monoisotopic (exact) mass is 493 g/mol. The van der Waals surface area contributed by atoms with Gasteiger partial charge >= 0.3 is 0 Å². The van der Waals surface area contributed by atoms with Gasteiger partial charge in [0.1, 0.15) is 12.4 Å². The predicted octanol–water partition coefficient (Wildman–Crippen LogP) is 3.39. The van der Waals surface area contributed by atoms with Crippen molar-refractivity contribution in [3.63, 3.8) is 0 Å². The van der Waals surface area contributed by atoms with E-state index in [2.05, 4.69) is 45.9 Å². The molecular formula is C28H39N5O3. The summed E-state index contributed by atoms with van der Waals surface area (Å²) in [5.74, 6) is 0.472. The molecule has 8 heteroatoms. The van der Waals surface area contributed by atoms with Crippen LogP contribution in [-0.2, 0) is 13.0 Å². The minimum atomic E-state index is -0.212. The number of carbonyl (C=O) groups is 1. The average Bonchev–Trinajstić information content (AvgIpc) is 3.28. The van der Waals surface area contributed by atoms with Crippen LogP contribution in [0.2, 0.25) is 0 Å². The molecule has 4 rings (SSSR count). The van der Waals surface area contributed by atoms with Crippen molar-refractivity contribution in [3.05, 3.63) is 63.2 Å². The summed E-state index contributed by atoms with van der Waals surface area (Å²) in [5.41, 5.74) is 3.83. The fourth-order valence-electron chi connectivity index (χ4n) is 4.92. The first-order valence-corrected chi connectivity index (χ1v) is 13.1. The van der Waals surface area contributed by atoms with Crippen LogP contribution in [0.25, 0.3) is 10.9 Å². The SMILES string of the molecule is CCCc1cc(C)[nH]c(=O)c1CNC(=O)c1cc(OCCN2CCNCC2)cc2c1ccn2C(C)C. The summed E-state index contributed by atoms with van der Waals surface area (Å²) in [5, 5.41) is 7.24. The van der Waals surface area contributed by atoms with Gasteiger partial charge in [-0.15, -0.1) is 0 Å². The molecule has 3 aromatic rings. The fourth-order valence-corrected chi connectivity index (χ4v) is 4.92. The number of nitrogens with zero attached hydrogens (tertiary/aromatic N) is 2. The van der Waals surface area contributed by atoms with E-state index in [0.717, 1.165) is 67.7 Å². The van der Waals surface area contributed by atoms with Crippen LogP contribution in [0.1, 0.15) is 60.4 Å².